The Bertz CT molecular complexity index is 364. The summed E-state index contributed by atoms with van der Waals surface area (Å²) in [5, 5.41) is 0.625. The van der Waals surface area contributed by atoms with Gasteiger partial charge in [-0.05, 0) is 6.07 Å². The van der Waals surface area contributed by atoms with Crippen LogP contribution in [0, 0.1) is 0 Å². The van der Waals surface area contributed by atoms with Crippen LogP contribution in [0.1, 0.15) is 0 Å². The number of nitrogen functional groups attached to an aromatic ring is 1. The van der Waals surface area contributed by atoms with Gasteiger partial charge >= 0.3 is 0 Å². The van der Waals surface area contributed by atoms with E-state index in [0.717, 1.165) is 0 Å². The number of hydrogen-bond donors (Lipinski definition) is 1. The Morgan fingerprint density at radius 1 is 1.18 bits per heavy atom. The maximum Gasteiger partial charge on any atom is 0.234 e. The van der Waals surface area contributed by atoms with Gasteiger partial charge in [-0.3, -0.25) is 0 Å². The number of nitrogens with zero attached hydrogens (tertiary/aromatic N) is 1. The first-order chi connectivity index (χ1) is 8.15. The zero-order valence-corrected chi connectivity index (χ0v) is 10.9. The van der Waals surface area contributed by atoms with E-state index in [1.54, 1.807) is 7.11 Å². The quantitative estimate of drug-likeness (QED) is 0.774. The maximum atomic E-state index is 5.88. The van der Waals surface area contributed by atoms with E-state index in [9.17, 15) is 0 Å². The van der Waals surface area contributed by atoms with Crippen molar-refractivity contribution in [3.8, 4) is 5.88 Å². The van der Waals surface area contributed by atoms with Gasteiger partial charge in [0.15, 0.2) is 0 Å². The summed E-state index contributed by atoms with van der Waals surface area (Å²) in [6.07, 6.45) is 0. The molecule has 7 heteroatoms. The number of halogens is 2. The molecule has 1 aromatic rings. The van der Waals surface area contributed by atoms with E-state index < -0.39 is 0 Å². The molecule has 5 nitrogen and oxygen atoms in total. The van der Waals surface area contributed by atoms with Crippen LogP contribution in [0.25, 0.3) is 0 Å². The first-order valence-corrected chi connectivity index (χ1v) is 5.71. The molecule has 17 heavy (non-hydrogen) atoms. The largest absolute Gasteiger partial charge is 0.474 e. The summed E-state index contributed by atoms with van der Waals surface area (Å²) in [7, 11) is 1.61. The second-order valence-electron chi connectivity index (χ2n) is 3.10. The minimum Gasteiger partial charge on any atom is -0.474 e. The lowest BCUT2D eigenvalue weighted by atomic mass is 10.4. The van der Waals surface area contributed by atoms with Crippen molar-refractivity contribution in [1.29, 1.82) is 0 Å². The Hall–Kier alpha value is -0.750. The summed E-state index contributed by atoms with van der Waals surface area (Å²) >= 11 is 11.6. The second-order valence-corrected chi connectivity index (χ2v) is 3.91. The highest BCUT2D eigenvalue weighted by Gasteiger charge is 2.07. The molecule has 0 spiro atoms. The van der Waals surface area contributed by atoms with Crippen LogP contribution in [0.4, 0.5) is 5.82 Å². The number of nitrogens with two attached hydrogens (primary N) is 1. The first-order valence-electron chi connectivity index (χ1n) is 4.96. The summed E-state index contributed by atoms with van der Waals surface area (Å²) in [5.41, 5.74) is 5.53. The van der Waals surface area contributed by atoms with E-state index >= 15 is 0 Å². The number of anilines is 1. The van der Waals surface area contributed by atoms with Gasteiger partial charge in [-0.25, -0.2) is 0 Å². The van der Waals surface area contributed by atoms with E-state index in [2.05, 4.69) is 4.98 Å². The molecule has 0 amide bonds. The number of methoxy groups -OCH3 is 1. The van der Waals surface area contributed by atoms with Crippen LogP contribution >= 0.6 is 23.2 Å². The molecule has 0 aliphatic carbocycles. The molecule has 0 atom stereocenters. The SMILES string of the molecule is COCCOCCOc1nc(N)c(Cl)cc1Cl. The molecule has 0 saturated carbocycles. The second kappa shape index (κ2) is 7.55. The highest BCUT2D eigenvalue weighted by atomic mass is 35.5. The highest BCUT2D eigenvalue weighted by Crippen LogP contribution is 2.28. The van der Waals surface area contributed by atoms with Crippen molar-refractivity contribution in [2.45, 2.75) is 0 Å². The number of ether oxygens (including phenoxy) is 3. The fraction of sp³-hybridized carbons (Fsp3) is 0.500. The van der Waals surface area contributed by atoms with Crippen LogP contribution in [0.5, 0.6) is 5.88 Å². The third-order valence-electron chi connectivity index (χ3n) is 1.82. The average Bonchev–Trinajstić information content (AvgIpc) is 2.30. The number of pyridine rings is 1. The van der Waals surface area contributed by atoms with Crippen LogP contribution in [-0.4, -0.2) is 38.5 Å². The molecule has 1 aromatic heterocycles. The van der Waals surface area contributed by atoms with E-state index in [1.165, 1.54) is 6.07 Å². The average molecular weight is 281 g/mol. The Morgan fingerprint density at radius 2 is 1.88 bits per heavy atom. The lowest BCUT2D eigenvalue weighted by Crippen LogP contribution is -2.11. The number of aromatic nitrogens is 1. The smallest absolute Gasteiger partial charge is 0.234 e. The van der Waals surface area contributed by atoms with Gasteiger partial charge in [-0.1, -0.05) is 23.2 Å². The molecule has 0 radical (unpaired) electrons. The Kier molecular flexibility index (Phi) is 6.36. The summed E-state index contributed by atoms with van der Waals surface area (Å²) in [6.45, 7) is 1.82. The predicted molar refractivity (Wildman–Crippen MR) is 66.9 cm³/mol. The summed E-state index contributed by atoms with van der Waals surface area (Å²) in [6, 6.07) is 1.49. The molecule has 0 saturated heterocycles. The molecule has 0 bridgehead atoms. The zero-order valence-electron chi connectivity index (χ0n) is 9.41. The molecular formula is C10H14Cl2N2O3. The van der Waals surface area contributed by atoms with Crippen LogP contribution in [-0.2, 0) is 9.47 Å². The van der Waals surface area contributed by atoms with Crippen molar-refractivity contribution < 1.29 is 14.2 Å². The van der Waals surface area contributed by atoms with Gasteiger partial charge in [0.2, 0.25) is 5.88 Å². The van der Waals surface area contributed by atoms with Crippen LogP contribution in [0.2, 0.25) is 10.0 Å². The van der Waals surface area contributed by atoms with Crippen molar-refractivity contribution in [1.82, 2.24) is 4.98 Å². The molecule has 2 N–H and O–H groups in total. The van der Waals surface area contributed by atoms with Gasteiger partial charge in [-0.15, -0.1) is 0 Å². The molecule has 0 unspecified atom stereocenters. The fourth-order valence-corrected chi connectivity index (χ4v) is 1.42. The van der Waals surface area contributed by atoms with Gasteiger partial charge in [0.1, 0.15) is 17.4 Å². The standard InChI is InChI=1S/C10H14Cl2N2O3/c1-15-2-3-16-4-5-17-10-8(12)6-7(11)9(13)14-10/h6H,2-5H2,1H3,(H2,13,14). The topological polar surface area (TPSA) is 66.6 Å². The van der Waals surface area contributed by atoms with Crippen molar-refractivity contribution >= 4 is 29.0 Å². The van der Waals surface area contributed by atoms with E-state index in [4.69, 9.17) is 43.1 Å². The van der Waals surface area contributed by atoms with Gasteiger partial charge in [-0.2, -0.15) is 4.98 Å². The Labute approximate surface area is 110 Å². The monoisotopic (exact) mass is 280 g/mol. The van der Waals surface area contributed by atoms with Gasteiger partial charge in [0.05, 0.1) is 24.8 Å². The van der Waals surface area contributed by atoms with E-state index in [1.807, 2.05) is 0 Å². The van der Waals surface area contributed by atoms with Crippen LogP contribution < -0.4 is 10.5 Å². The maximum absolute atomic E-state index is 5.88. The van der Waals surface area contributed by atoms with Crippen molar-refractivity contribution in [3.63, 3.8) is 0 Å². The molecule has 0 aromatic carbocycles. The third kappa shape index (κ3) is 4.95. The minimum atomic E-state index is 0.186. The summed E-state index contributed by atoms with van der Waals surface area (Å²) < 4.78 is 15.3. The van der Waals surface area contributed by atoms with Crippen molar-refractivity contribution in [2.75, 3.05) is 39.3 Å². The third-order valence-corrected chi connectivity index (χ3v) is 2.40. The van der Waals surface area contributed by atoms with E-state index in [0.29, 0.717) is 36.5 Å². The van der Waals surface area contributed by atoms with E-state index in [-0.39, 0.29) is 11.7 Å². The molecule has 0 aliphatic heterocycles. The number of hydrogen-bond acceptors (Lipinski definition) is 5. The molecule has 0 fully saturated rings. The first kappa shape index (κ1) is 14.3. The fourth-order valence-electron chi connectivity index (χ4n) is 1.01. The van der Waals surface area contributed by atoms with Gasteiger partial charge < -0.3 is 19.9 Å². The Balaban J connectivity index is 2.34. The molecule has 0 aliphatic rings. The predicted octanol–water partition coefficient (Wildman–Crippen LogP) is 2.01. The Morgan fingerprint density at radius 3 is 2.59 bits per heavy atom. The van der Waals surface area contributed by atoms with Crippen molar-refractivity contribution in [2.24, 2.45) is 0 Å². The van der Waals surface area contributed by atoms with Gasteiger partial charge in [0, 0.05) is 7.11 Å². The summed E-state index contributed by atoms with van der Waals surface area (Å²) in [4.78, 5) is 3.92. The summed E-state index contributed by atoms with van der Waals surface area (Å²) in [5.74, 6) is 0.440. The lowest BCUT2D eigenvalue weighted by molar-refractivity contribution is 0.0537. The zero-order chi connectivity index (χ0) is 12.7. The van der Waals surface area contributed by atoms with Crippen LogP contribution in [0.3, 0.4) is 0 Å². The molecule has 1 heterocycles. The molecular weight excluding hydrogens is 267 g/mol. The molecule has 96 valence electrons. The van der Waals surface area contributed by atoms with Gasteiger partial charge in [0.25, 0.3) is 0 Å². The minimum absolute atomic E-state index is 0.186. The normalized spacial score (nSPS) is 10.5. The number of rotatable bonds is 7. The van der Waals surface area contributed by atoms with Crippen LogP contribution in [0.15, 0.2) is 6.07 Å². The highest BCUT2D eigenvalue weighted by molar-refractivity contribution is 6.36. The van der Waals surface area contributed by atoms with Crippen molar-refractivity contribution in [3.05, 3.63) is 16.1 Å². The lowest BCUT2D eigenvalue weighted by Gasteiger charge is -2.08. The molecule has 1 rings (SSSR count).